The Morgan fingerprint density at radius 3 is 2.00 bits per heavy atom. The molecule has 0 unspecified atom stereocenters. The quantitative estimate of drug-likeness (QED) is 0.799. The minimum absolute atomic E-state index is 0.267. The van der Waals surface area contributed by atoms with Gasteiger partial charge in [-0.15, -0.1) is 0 Å². The first-order valence-corrected chi connectivity index (χ1v) is 8.44. The van der Waals surface area contributed by atoms with Gasteiger partial charge >= 0.3 is 0 Å². The molecule has 2 aromatic rings. The van der Waals surface area contributed by atoms with E-state index in [9.17, 15) is 8.42 Å². The predicted molar refractivity (Wildman–Crippen MR) is 85.2 cm³/mol. The molecule has 0 aromatic heterocycles. The number of anilines is 1. The van der Waals surface area contributed by atoms with E-state index < -0.39 is 10.1 Å². The van der Waals surface area contributed by atoms with E-state index in [0.717, 1.165) is 12.1 Å². The minimum atomic E-state index is -3.95. The van der Waals surface area contributed by atoms with Gasteiger partial charge in [-0.05, 0) is 24.1 Å². The summed E-state index contributed by atoms with van der Waals surface area (Å²) < 4.78 is 30.9. The lowest BCUT2D eigenvalue weighted by molar-refractivity contribution is 0.482. The summed E-state index contributed by atoms with van der Waals surface area (Å²) >= 11 is 0. The summed E-state index contributed by atoms with van der Waals surface area (Å²) in [5, 5.41) is 0. The summed E-state index contributed by atoms with van der Waals surface area (Å²) in [6.07, 6.45) is 0.821. The van der Waals surface area contributed by atoms with E-state index in [4.69, 9.17) is 4.55 Å². The van der Waals surface area contributed by atoms with Crippen molar-refractivity contribution in [2.75, 3.05) is 23.7 Å². The van der Waals surface area contributed by atoms with Crippen LogP contribution in [0.2, 0.25) is 0 Å². The number of nitrogens with zero attached hydrogens (tertiary/aromatic N) is 1. The van der Waals surface area contributed by atoms with Crippen molar-refractivity contribution in [3.05, 3.63) is 66.2 Å². The van der Waals surface area contributed by atoms with Crippen molar-refractivity contribution in [2.24, 2.45) is 0 Å². The predicted octanol–water partition coefficient (Wildman–Crippen LogP) is 2.62. The third kappa shape index (κ3) is 5.57. The van der Waals surface area contributed by atoms with Crippen molar-refractivity contribution < 1.29 is 13.0 Å². The third-order valence-corrected chi connectivity index (χ3v) is 3.95. The summed E-state index contributed by atoms with van der Waals surface area (Å²) in [7, 11) is -3.95. The Hall–Kier alpha value is -1.85. The Balaban J connectivity index is 2.05. The first kappa shape index (κ1) is 15.5. The van der Waals surface area contributed by atoms with Crippen molar-refractivity contribution in [1.82, 2.24) is 0 Å². The number of para-hydroxylation sites is 1. The summed E-state index contributed by atoms with van der Waals surface area (Å²) in [4.78, 5) is 1.97. The fraction of sp³-hybridized carbons (Fsp3) is 0.250. The minimum Gasteiger partial charge on any atom is -0.370 e. The van der Waals surface area contributed by atoms with E-state index in [1.54, 1.807) is 0 Å². The molecule has 21 heavy (non-hydrogen) atoms. The van der Waals surface area contributed by atoms with Crippen LogP contribution < -0.4 is 4.90 Å². The van der Waals surface area contributed by atoms with E-state index in [1.165, 1.54) is 5.56 Å². The summed E-state index contributed by atoms with van der Waals surface area (Å²) in [6, 6.07) is 19.7. The lowest BCUT2D eigenvalue weighted by Gasteiger charge is -2.24. The highest BCUT2D eigenvalue weighted by Crippen LogP contribution is 2.14. The summed E-state index contributed by atoms with van der Waals surface area (Å²) in [6.45, 7) is 0.971. The van der Waals surface area contributed by atoms with E-state index in [2.05, 4.69) is 0 Å². The molecule has 4 nitrogen and oxygen atoms in total. The Labute approximate surface area is 125 Å². The normalized spacial score (nSPS) is 11.3. The van der Waals surface area contributed by atoms with Gasteiger partial charge in [-0.2, -0.15) is 8.42 Å². The van der Waals surface area contributed by atoms with Gasteiger partial charge in [-0.1, -0.05) is 48.5 Å². The molecule has 2 aromatic carbocycles. The standard InChI is InChI=1S/C16H19NO3S/c18-21(19,20)14-13-17(16-9-5-2-6-10-16)12-11-15-7-3-1-4-8-15/h1-10H,11-14H2,(H,18,19,20). The van der Waals surface area contributed by atoms with Crippen LogP contribution in [0, 0.1) is 0 Å². The average Bonchev–Trinajstić information content (AvgIpc) is 2.48. The van der Waals surface area contributed by atoms with Crippen LogP contribution in [-0.2, 0) is 16.5 Å². The van der Waals surface area contributed by atoms with Gasteiger partial charge in [0.25, 0.3) is 10.1 Å². The van der Waals surface area contributed by atoms with E-state index in [1.807, 2.05) is 65.6 Å². The van der Waals surface area contributed by atoms with Gasteiger partial charge in [0.15, 0.2) is 0 Å². The molecular formula is C16H19NO3S. The highest BCUT2D eigenvalue weighted by Gasteiger charge is 2.11. The second kappa shape index (κ2) is 7.24. The molecule has 2 rings (SSSR count). The molecule has 0 aliphatic heterocycles. The zero-order valence-electron chi connectivity index (χ0n) is 11.7. The molecule has 0 amide bonds. The van der Waals surface area contributed by atoms with Gasteiger partial charge < -0.3 is 4.90 Å². The molecule has 0 aliphatic rings. The molecule has 0 radical (unpaired) electrons. The number of hydrogen-bond acceptors (Lipinski definition) is 3. The van der Waals surface area contributed by atoms with Gasteiger partial charge in [-0.3, -0.25) is 4.55 Å². The van der Waals surface area contributed by atoms with Crippen molar-refractivity contribution in [1.29, 1.82) is 0 Å². The topological polar surface area (TPSA) is 57.6 Å². The maximum Gasteiger partial charge on any atom is 0.266 e. The molecule has 0 saturated carbocycles. The van der Waals surface area contributed by atoms with Crippen molar-refractivity contribution in [2.45, 2.75) is 6.42 Å². The summed E-state index contributed by atoms with van der Waals surface area (Å²) in [5.41, 5.74) is 2.15. The fourth-order valence-electron chi connectivity index (χ4n) is 2.14. The number of hydrogen-bond donors (Lipinski definition) is 1. The van der Waals surface area contributed by atoms with Crippen LogP contribution in [0.3, 0.4) is 0 Å². The molecule has 0 saturated heterocycles. The summed E-state index contributed by atoms with van der Waals surface area (Å²) in [5.74, 6) is -0.267. The third-order valence-electron chi connectivity index (χ3n) is 3.25. The van der Waals surface area contributed by atoms with Crippen LogP contribution in [-0.4, -0.2) is 31.8 Å². The maximum absolute atomic E-state index is 11.0. The zero-order valence-corrected chi connectivity index (χ0v) is 12.5. The highest BCUT2D eigenvalue weighted by atomic mass is 32.2. The van der Waals surface area contributed by atoms with Crippen molar-refractivity contribution in [3.8, 4) is 0 Å². The molecule has 112 valence electrons. The Morgan fingerprint density at radius 2 is 1.43 bits per heavy atom. The van der Waals surface area contributed by atoms with Crippen molar-refractivity contribution in [3.63, 3.8) is 0 Å². The first-order valence-electron chi connectivity index (χ1n) is 6.84. The molecule has 0 heterocycles. The molecule has 0 spiro atoms. The number of rotatable bonds is 7. The molecule has 0 atom stereocenters. The zero-order chi connectivity index (χ0) is 15.1. The highest BCUT2D eigenvalue weighted by molar-refractivity contribution is 7.85. The Morgan fingerprint density at radius 1 is 0.857 bits per heavy atom. The molecule has 1 N–H and O–H groups in total. The SMILES string of the molecule is O=S(=O)(O)CCN(CCc1ccccc1)c1ccccc1. The van der Waals surface area contributed by atoms with Crippen LogP contribution in [0.15, 0.2) is 60.7 Å². The van der Waals surface area contributed by atoms with Gasteiger partial charge in [0.2, 0.25) is 0 Å². The van der Waals surface area contributed by atoms with Gasteiger partial charge in [0, 0.05) is 18.8 Å². The average molecular weight is 305 g/mol. The number of benzene rings is 2. The maximum atomic E-state index is 11.0. The smallest absolute Gasteiger partial charge is 0.266 e. The van der Waals surface area contributed by atoms with Crippen LogP contribution in [0.25, 0.3) is 0 Å². The van der Waals surface area contributed by atoms with Gasteiger partial charge in [-0.25, -0.2) is 0 Å². The van der Waals surface area contributed by atoms with Crippen LogP contribution in [0.4, 0.5) is 5.69 Å². The van der Waals surface area contributed by atoms with E-state index in [0.29, 0.717) is 6.54 Å². The molecule has 0 fully saturated rings. The molecule has 5 heteroatoms. The van der Waals surface area contributed by atoms with Crippen molar-refractivity contribution >= 4 is 15.8 Å². The lowest BCUT2D eigenvalue weighted by Crippen LogP contribution is -2.31. The molecule has 0 bridgehead atoms. The van der Waals surface area contributed by atoms with Gasteiger partial charge in [0.05, 0.1) is 5.75 Å². The lowest BCUT2D eigenvalue weighted by atomic mass is 10.1. The second-order valence-corrected chi connectivity index (χ2v) is 6.42. The monoisotopic (exact) mass is 305 g/mol. The molecular weight excluding hydrogens is 286 g/mol. The van der Waals surface area contributed by atoms with E-state index >= 15 is 0 Å². The fourth-order valence-corrected chi connectivity index (χ4v) is 2.59. The van der Waals surface area contributed by atoms with Crippen LogP contribution in [0.1, 0.15) is 5.56 Å². The second-order valence-electron chi connectivity index (χ2n) is 4.84. The van der Waals surface area contributed by atoms with Gasteiger partial charge in [0.1, 0.15) is 0 Å². The Bertz CT molecular complexity index is 642. The van der Waals surface area contributed by atoms with E-state index in [-0.39, 0.29) is 12.3 Å². The molecule has 0 aliphatic carbocycles. The van der Waals surface area contributed by atoms with Crippen LogP contribution >= 0.6 is 0 Å². The first-order chi connectivity index (χ1) is 10.0. The largest absolute Gasteiger partial charge is 0.370 e. The van der Waals surface area contributed by atoms with Crippen LogP contribution in [0.5, 0.6) is 0 Å². The Kier molecular flexibility index (Phi) is 5.36.